The molecule has 3 aromatic carbocycles. The van der Waals surface area contributed by atoms with Crippen LogP contribution in [0.25, 0.3) is 10.9 Å². The van der Waals surface area contributed by atoms with Crippen LogP contribution in [0.1, 0.15) is 11.1 Å². The lowest BCUT2D eigenvalue weighted by molar-refractivity contribution is -0.141. The van der Waals surface area contributed by atoms with E-state index in [1.807, 2.05) is 0 Å². The number of methoxy groups -OCH3 is 2. The van der Waals surface area contributed by atoms with Gasteiger partial charge in [-0.1, -0.05) is 15.9 Å². The largest absolute Gasteiger partial charge is 0.493 e. The Morgan fingerprint density at radius 2 is 1.59 bits per heavy atom. The standard InChI is InChI=1S/C26H17BrF6N2O4/c1-37-22-11-17-20(12-23(22)38-2)34-6-5-21(17)39-16-3-4-18(19(28)10-16)25(29,30)24(36)35-15-8-13(26(31,32)33)7-14(27)9-15/h3-12H,1-2H3,(H,35,36). The second-order valence-corrected chi connectivity index (χ2v) is 8.95. The number of amides is 1. The van der Waals surface area contributed by atoms with Gasteiger partial charge in [-0.3, -0.25) is 9.78 Å². The molecule has 0 unspecified atom stereocenters. The molecule has 4 rings (SSSR count). The smallest absolute Gasteiger partial charge is 0.416 e. The van der Waals surface area contributed by atoms with Gasteiger partial charge in [0.15, 0.2) is 11.5 Å². The first kappa shape index (κ1) is 28.0. The van der Waals surface area contributed by atoms with Crippen molar-refractivity contribution in [3.63, 3.8) is 0 Å². The van der Waals surface area contributed by atoms with Gasteiger partial charge in [0.2, 0.25) is 0 Å². The zero-order chi connectivity index (χ0) is 28.5. The third-order valence-electron chi connectivity index (χ3n) is 5.48. The summed E-state index contributed by atoms with van der Waals surface area (Å²) in [4.78, 5) is 16.5. The minimum absolute atomic E-state index is 0.108. The zero-order valence-electron chi connectivity index (χ0n) is 20.0. The van der Waals surface area contributed by atoms with Gasteiger partial charge in [0, 0.05) is 33.9 Å². The molecule has 13 heteroatoms. The monoisotopic (exact) mass is 614 g/mol. The molecule has 1 aromatic heterocycles. The summed E-state index contributed by atoms with van der Waals surface area (Å²) in [5.74, 6) is -7.13. The third-order valence-corrected chi connectivity index (χ3v) is 5.94. The normalized spacial score (nSPS) is 11.8. The molecule has 0 aliphatic carbocycles. The van der Waals surface area contributed by atoms with E-state index in [0.717, 1.165) is 12.1 Å². The van der Waals surface area contributed by atoms with Crippen LogP contribution in [0.5, 0.6) is 23.0 Å². The molecule has 0 atom stereocenters. The lowest BCUT2D eigenvalue weighted by Crippen LogP contribution is -2.33. The van der Waals surface area contributed by atoms with Crippen molar-refractivity contribution in [3.05, 3.63) is 82.2 Å². The third kappa shape index (κ3) is 5.87. The summed E-state index contributed by atoms with van der Waals surface area (Å²) >= 11 is 2.84. The number of ether oxygens (including phenoxy) is 3. The van der Waals surface area contributed by atoms with Crippen LogP contribution in [0, 0.1) is 5.82 Å². The predicted molar refractivity (Wildman–Crippen MR) is 133 cm³/mol. The fraction of sp³-hybridized carbons (Fsp3) is 0.154. The fourth-order valence-corrected chi connectivity index (χ4v) is 4.13. The maximum atomic E-state index is 14.9. The number of carbonyl (C=O) groups excluding carboxylic acids is 1. The molecule has 0 saturated heterocycles. The Labute approximate surface area is 225 Å². The molecule has 0 saturated carbocycles. The Morgan fingerprint density at radius 1 is 0.897 bits per heavy atom. The summed E-state index contributed by atoms with van der Waals surface area (Å²) in [6.07, 6.45) is -3.37. The first-order valence-electron chi connectivity index (χ1n) is 10.9. The number of pyridine rings is 1. The molecule has 6 nitrogen and oxygen atoms in total. The first-order chi connectivity index (χ1) is 18.3. The van der Waals surface area contributed by atoms with Crippen LogP contribution in [-0.2, 0) is 16.9 Å². The topological polar surface area (TPSA) is 69.7 Å². The summed E-state index contributed by atoms with van der Waals surface area (Å²) in [6.45, 7) is 0. The fourth-order valence-electron chi connectivity index (χ4n) is 3.63. The summed E-state index contributed by atoms with van der Waals surface area (Å²) < 4.78 is 99.8. The van der Waals surface area contributed by atoms with E-state index in [0.29, 0.717) is 46.7 Å². The Bertz CT molecular complexity index is 1560. The highest BCUT2D eigenvalue weighted by molar-refractivity contribution is 9.10. The molecule has 0 bridgehead atoms. The van der Waals surface area contributed by atoms with Gasteiger partial charge in [-0.05, 0) is 42.5 Å². The number of anilines is 1. The van der Waals surface area contributed by atoms with E-state index in [1.165, 1.54) is 26.5 Å². The number of nitrogens with one attached hydrogen (secondary N) is 1. The minimum Gasteiger partial charge on any atom is -0.493 e. The average molecular weight is 615 g/mol. The first-order valence-corrected chi connectivity index (χ1v) is 11.7. The SMILES string of the molecule is COc1cc2nccc(Oc3ccc(C(F)(F)C(=O)Nc4cc(Br)cc(C(F)(F)F)c4)c(F)c3)c2cc1OC. The van der Waals surface area contributed by atoms with Crippen LogP contribution >= 0.6 is 15.9 Å². The minimum atomic E-state index is -4.79. The summed E-state index contributed by atoms with van der Waals surface area (Å²) in [7, 11) is 2.87. The quantitative estimate of drug-likeness (QED) is 0.216. The highest BCUT2D eigenvalue weighted by atomic mass is 79.9. The van der Waals surface area contributed by atoms with Crippen LogP contribution in [0.4, 0.5) is 32.0 Å². The van der Waals surface area contributed by atoms with Crippen molar-refractivity contribution in [2.45, 2.75) is 12.1 Å². The molecule has 4 aromatic rings. The molecule has 1 amide bonds. The van der Waals surface area contributed by atoms with Crippen LogP contribution in [-0.4, -0.2) is 25.1 Å². The van der Waals surface area contributed by atoms with Crippen LogP contribution < -0.4 is 19.5 Å². The Morgan fingerprint density at radius 3 is 2.23 bits per heavy atom. The zero-order valence-corrected chi connectivity index (χ0v) is 21.6. The van der Waals surface area contributed by atoms with Crippen molar-refractivity contribution in [2.24, 2.45) is 0 Å². The second kappa shape index (κ2) is 10.6. The van der Waals surface area contributed by atoms with Crippen molar-refractivity contribution in [1.82, 2.24) is 4.98 Å². The van der Waals surface area contributed by atoms with Crippen molar-refractivity contribution < 1.29 is 45.3 Å². The van der Waals surface area contributed by atoms with Gasteiger partial charge in [0.1, 0.15) is 17.3 Å². The Kier molecular flexibility index (Phi) is 7.64. The maximum Gasteiger partial charge on any atom is 0.416 e. The molecule has 204 valence electrons. The average Bonchev–Trinajstić information content (AvgIpc) is 2.87. The van der Waals surface area contributed by atoms with Gasteiger partial charge >= 0.3 is 12.1 Å². The molecule has 0 aliphatic rings. The van der Waals surface area contributed by atoms with Gasteiger partial charge < -0.3 is 19.5 Å². The van der Waals surface area contributed by atoms with E-state index in [2.05, 4.69) is 20.9 Å². The van der Waals surface area contributed by atoms with Crippen molar-refractivity contribution >= 4 is 38.4 Å². The number of hydrogen-bond acceptors (Lipinski definition) is 5. The van der Waals surface area contributed by atoms with E-state index in [1.54, 1.807) is 17.4 Å². The molecule has 0 fully saturated rings. The molecule has 39 heavy (non-hydrogen) atoms. The summed E-state index contributed by atoms with van der Waals surface area (Å²) in [5, 5.41) is 2.17. The van der Waals surface area contributed by atoms with E-state index in [9.17, 15) is 31.1 Å². The number of alkyl halides is 5. The second-order valence-electron chi connectivity index (χ2n) is 8.03. The number of fused-ring (bicyclic) bond motifs is 1. The number of carbonyl (C=O) groups is 1. The number of hydrogen-bond donors (Lipinski definition) is 1. The lowest BCUT2D eigenvalue weighted by atomic mass is 10.1. The molecular formula is C26H17BrF6N2O4. The Balaban J connectivity index is 1.60. The molecule has 0 spiro atoms. The highest BCUT2D eigenvalue weighted by Gasteiger charge is 2.43. The molecule has 1 heterocycles. The van der Waals surface area contributed by atoms with Crippen LogP contribution in [0.2, 0.25) is 0 Å². The van der Waals surface area contributed by atoms with Gasteiger partial charge in [-0.25, -0.2) is 4.39 Å². The molecule has 0 aliphatic heterocycles. The number of halogens is 7. The number of aromatic nitrogens is 1. The van der Waals surface area contributed by atoms with E-state index < -0.39 is 40.6 Å². The summed E-state index contributed by atoms with van der Waals surface area (Å²) in [6, 6.07) is 9.16. The van der Waals surface area contributed by atoms with Crippen molar-refractivity contribution in [2.75, 3.05) is 19.5 Å². The van der Waals surface area contributed by atoms with E-state index in [-0.39, 0.29) is 16.0 Å². The van der Waals surface area contributed by atoms with Gasteiger partial charge in [-0.15, -0.1) is 0 Å². The molecule has 1 N–H and O–H groups in total. The molecular weight excluding hydrogens is 598 g/mol. The number of rotatable bonds is 7. The van der Waals surface area contributed by atoms with Gasteiger partial charge in [-0.2, -0.15) is 22.0 Å². The highest BCUT2D eigenvalue weighted by Crippen LogP contribution is 2.39. The van der Waals surface area contributed by atoms with Gasteiger partial charge in [0.25, 0.3) is 5.91 Å². The van der Waals surface area contributed by atoms with Crippen molar-refractivity contribution in [1.29, 1.82) is 0 Å². The van der Waals surface area contributed by atoms with Crippen molar-refractivity contribution in [3.8, 4) is 23.0 Å². The molecule has 0 radical (unpaired) electrons. The van der Waals surface area contributed by atoms with Crippen LogP contribution in [0.3, 0.4) is 0 Å². The van der Waals surface area contributed by atoms with E-state index >= 15 is 0 Å². The van der Waals surface area contributed by atoms with Gasteiger partial charge in [0.05, 0.1) is 30.9 Å². The number of nitrogens with zero attached hydrogens (tertiary/aromatic N) is 1. The predicted octanol–water partition coefficient (Wildman–Crippen LogP) is 7.70. The maximum absolute atomic E-state index is 14.9. The van der Waals surface area contributed by atoms with E-state index in [4.69, 9.17) is 14.2 Å². The lowest BCUT2D eigenvalue weighted by Gasteiger charge is -2.18. The number of benzene rings is 3. The Hall–Kier alpha value is -4.00. The summed E-state index contributed by atoms with van der Waals surface area (Å²) in [5.41, 5.74) is -2.59. The van der Waals surface area contributed by atoms with Crippen LogP contribution in [0.15, 0.2) is 65.3 Å².